The van der Waals surface area contributed by atoms with Crippen molar-refractivity contribution in [2.45, 2.75) is 88.9 Å². The maximum absolute atomic E-state index is 14.6. The topological polar surface area (TPSA) is 167 Å². The van der Waals surface area contributed by atoms with Crippen molar-refractivity contribution in [1.82, 2.24) is 15.1 Å². The molecular formula is C40H48N5NaO8. The van der Waals surface area contributed by atoms with Crippen LogP contribution in [0.15, 0.2) is 66.7 Å². The van der Waals surface area contributed by atoms with Gasteiger partial charge in [0.2, 0.25) is 5.91 Å². The Balaban J connectivity index is 0.00000561. The van der Waals surface area contributed by atoms with E-state index in [4.69, 9.17) is 9.47 Å². The summed E-state index contributed by atoms with van der Waals surface area (Å²) in [6.07, 6.45) is 5.03. The zero-order valence-electron chi connectivity index (χ0n) is 30.4. The number of anilines is 2. The number of benzene rings is 3. The van der Waals surface area contributed by atoms with Crippen LogP contribution in [0.4, 0.5) is 21.0 Å². The molecule has 14 heteroatoms. The molecule has 3 aromatic carbocycles. The van der Waals surface area contributed by atoms with E-state index in [0.29, 0.717) is 41.3 Å². The van der Waals surface area contributed by atoms with E-state index in [1.165, 1.54) is 14.2 Å². The number of carbonyl (C=O) groups excluding carboxylic acids is 4. The van der Waals surface area contributed by atoms with E-state index >= 15 is 0 Å². The van der Waals surface area contributed by atoms with Gasteiger partial charge in [-0.05, 0) is 73.6 Å². The summed E-state index contributed by atoms with van der Waals surface area (Å²) in [4.78, 5) is 70.9. The normalized spacial score (nSPS) is 17.3. The summed E-state index contributed by atoms with van der Waals surface area (Å²) in [7, 11) is 2.95. The number of urea groups is 2. The molecule has 282 valence electrons. The molecule has 0 unspecified atom stereocenters. The Morgan fingerprint density at radius 2 is 1.63 bits per heavy atom. The van der Waals surface area contributed by atoms with Crippen molar-refractivity contribution in [3.05, 3.63) is 83.4 Å². The fourth-order valence-electron chi connectivity index (χ4n) is 7.51. The van der Waals surface area contributed by atoms with Gasteiger partial charge in [0, 0.05) is 29.5 Å². The molecule has 3 aliphatic rings. The number of nitrogens with one attached hydrogen (secondary N) is 3. The van der Waals surface area contributed by atoms with Gasteiger partial charge in [0.1, 0.15) is 23.1 Å². The summed E-state index contributed by atoms with van der Waals surface area (Å²) >= 11 is 0. The van der Waals surface area contributed by atoms with Crippen LogP contribution in [0.5, 0.6) is 11.5 Å². The number of hydrogen-bond donors (Lipinski definition) is 4. The summed E-state index contributed by atoms with van der Waals surface area (Å²) in [6, 6.07) is 16.5. The second kappa shape index (κ2) is 17.7. The van der Waals surface area contributed by atoms with Crippen molar-refractivity contribution < 1.29 is 38.6 Å². The average molecular weight is 750 g/mol. The molecule has 1 heterocycles. The SMILES string of the molecule is COc1ccc([C@H](CC(=O)O)NC(=O)[C@H](CC2CC2)N2C(=O)N(Cc3ccc(NC(=O)Nc4ccccc4C)cc3)C3(CCCCC3)C2=O)c(OC)c1.[NaH]. The van der Waals surface area contributed by atoms with E-state index in [0.717, 1.165) is 48.1 Å². The third kappa shape index (κ3) is 9.02. The maximum atomic E-state index is 14.6. The standard InChI is InChI=1S/C40H47N5O8.Na.H/c1-25-9-5-6-10-31(25)43-38(50)41-28-15-13-27(14-16-28)24-44-39(51)45(37(49)40(44)19-7-4-8-20-40)33(21-26-11-12-26)36(48)42-32(23-35(46)47)30-18-17-29(52-2)22-34(30)53-3;;/h5-6,9-10,13-18,22,26,32-33H,4,7-8,11-12,19-21,23-24H2,1-3H3,(H,42,48)(H,46,47)(H2,41,43,50);;/t32-,33-;;/m0../s1. The van der Waals surface area contributed by atoms with E-state index in [1.54, 1.807) is 35.2 Å². The molecule has 54 heavy (non-hydrogen) atoms. The Hall–Kier alpha value is -4.59. The molecule has 0 aromatic heterocycles. The minimum atomic E-state index is -1.14. The van der Waals surface area contributed by atoms with Gasteiger partial charge in [0.05, 0.1) is 26.7 Å². The van der Waals surface area contributed by atoms with Crippen molar-refractivity contribution in [3.63, 3.8) is 0 Å². The third-order valence-electron chi connectivity index (χ3n) is 10.6. The molecule has 2 aliphatic carbocycles. The summed E-state index contributed by atoms with van der Waals surface area (Å²) < 4.78 is 10.8. The van der Waals surface area contributed by atoms with Crippen molar-refractivity contribution in [1.29, 1.82) is 0 Å². The molecule has 6 amide bonds. The van der Waals surface area contributed by atoms with Crippen LogP contribution in [0.3, 0.4) is 0 Å². The van der Waals surface area contributed by atoms with E-state index in [9.17, 15) is 29.1 Å². The number of rotatable bonds is 14. The summed E-state index contributed by atoms with van der Waals surface area (Å²) in [5.74, 6) is -1.11. The number of aliphatic carboxylic acids is 1. The van der Waals surface area contributed by atoms with Crippen molar-refractivity contribution >= 4 is 70.8 Å². The van der Waals surface area contributed by atoms with Crippen LogP contribution in [0.25, 0.3) is 0 Å². The molecule has 4 N–H and O–H groups in total. The van der Waals surface area contributed by atoms with Gasteiger partial charge in [-0.15, -0.1) is 0 Å². The number of carboxylic acids is 1. The van der Waals surface area contributed by atoms with Crippen LogP contribution >= 0.6 is 0 Å². The fraction of sp³-hybridized carbons (Fsp3) is 0.425. The molecule has 3 aromatic rings. The second-order valence-electron chi connectivity index (χ2n) is 14.2. The number of carboxylic acid groups (broad SMARTS) is 1. The molecule has 6 rings (SSSR count). The van der Waals surface area contributed by atoms with Gasteiger partial charge in [-0.3, -0.25) is 14.4 Å². The number of ether oxygens (including phenoxy) is 2. The van der Waals surface area contributed by atoms with Crippen LogP contribution in [0.2, 0.25) is 0 Å². The summed E-state index contributed by atoms with van der Waals surface area (Å²) in [6.45, 7) is 2.05. The van der Waals surface area contributed by atoms with E-state index in [2.05, 4.69) is 16.0 Å². The van der Waals surface area contributed by atoms with Gasteiger partial charge < -0.3 is 35.4 Å². The average Bonchev–Trinajstić information content (AvgIpc) is 3.96. The molecule has 1 saturated heterocycles. The molecule has 3 fully saturated rings. The zero-order valence-corrected chi connectivity index (χ0v) is 30.4. The number of methoxy groups -OCH3 is 2. The minimum absolute atomic E-state index is 0. The Labute approximate surface area is 337 Å². The number of para-hydroxylation sites is 1. The summed E-state index contributed by atoms with van der Waals surface area (Å²) in [5, 5.41) is 18.4. The van der Waals surface area contributed by atoms with E-state index in [1.807, 2.05) is 43.3 Å². The van der Waals surface area contributed by atoms with E-state index in [-0.39, 0.29) is 60.4 Å². The Bertz CT molecular complexity index is 1860. The quantitative estimate of drug-likeness (QED) is 0.116. The van der Waals surface area contributed by atoms with Crippen LogP contribution in [-0.2, 0) is 20.9 Å². The molecule has 2 saturated carbocycles. The van der Waals surface area contributed by atoms with Gasteiger partial charge in [-0.1, -0.05) is 62.4 Å². The van der Waals surface area contributed by atoms with Crippen LogP contribution in [0.1, 0.15) is 80.5 Å². The van der Waals surface area contributed by atoms with Crippen molar-refractivity contribution in [2.24, 2.45) is 5.92 Å². The number of carbonyl (C=O) groups is 5. The third-order valence-corrected chi connectivity index (χ3v) is 10.6. The molecule has 1 spiro atoms. The Morgan fingerprint density at radius 3 is 2.26 bits per heavy atom. The summed E-state index contributed by atoms with van der Waals surface area (Å²) in [5.41, 5.74) is 2.30. The van der Waals surface area contributed by atoms with Gasteiger partial charge in [0.15, 0.2) is 0 Å². The molecule has 2 atom stereocenters. The number of aryl methyl sites for hydroxylation is 1. The van der Waals surface area contributed by atoms with Crippen LogP contribution < -0.4 is 25.4 Å². The Kier molecular flexibility index (Phi) is 13.3. The van der Waals surface area contributed by atoms with Gasteiger partial charge in [0.25, 0.3) is 5.91 Å². The van der Waals surface area contributed by atoms with Crippen LogP contribution in [0, 0.1) is 12.8 Å². The van der Waals surface area contributed by atoms with Crippen molar-refractivity contribution in [2.75, 3.05) is 24.9 Å². The van der Waals surface area contributed by atoms with Gasteiger partial charge in [-0.25, -0.2) is 14.5 Å². The predicted octanol–water partition coefficient (Wildman–Crippen LogP) is 5.98. The number of imide groups is 1. The first-order valence-corrected chi connectivity index (χ1v) is 18.1. The predicted molar refractivity (Wildman–Crippen MR) is 205 cm³/mol. The zero-order chi connectivity index (χ0) is 37.7. The second-order valence-corrected chi connectivity index (χ2v) is 14.2. The monoisotopic (exact) mass is 749 g/mol. The molecule has 0 radical (unpaired) electrons. The Morgan fingerprint density at radius 1 is 0.926 bits per heavy atom. The van der Waals surface area contributed by atoms with Crippen molar-refractivity contribution in [3.8, 4) is 11.5 Å². The van der Waals surface area contributed by atoms with Gasteiger partial charge >= 0.3 is 47.6 Å². The van der Waals surface area contributed by atoms with Gasteiger partial charge in [-0.2, -0.15) is 0 Å². The first-order chi connectivity index (χ1) is 25.5. The molecular weight excluding hydrogens is 701 g/mol. The molecule has 1 aliphatic heterocycles. The fourth-order valence-corrected chi connectivity index (χ4v) is 7.51. The number of nitrogens with zero attached hydrogens (tertiary/aromatic N) is 2. The molecule has 0 bridgehead atoms. The van der Waals surface area contributed by atoms with Crippen LogP contribution in [-0.4, -0.2) is 100 Å². The number of amides is 6. The van der Waals surface area contributed by atoms with E-state index < -0.39 is 42.0 Å². The number of hydrogen-bond acceptors (Lipinski definition) is 7. The first kappa shape index (κ1) is 40.6. The molecule has 13 nitrogen and oxygen atoms in total. The first-order valence-electron chi connectivity index (χ1n) is 18.1.